The van der Waals surface area contributed by atoms with E-state index in [0.717, 1.165) is 11.5 Å². The van der Waals surface area contributed by atoms with Gasteiger partial charge in [-0.25, -0.2) is 0 Å². The minimum atomic E-state index is -0.00278. The number of hydrogen-bond acceptors (Lipinski definition) is 4. The van der Waals surface area contributed by atoms with E-state index < -0.39 is 0 Å². The lowest BCUT2D eigenvalue weighted by atomic mass is 9.98. The fraction of sp³-hybridized carbons (Fsp3) is 0.500. The summed E-state index contributed by atoms with van der Waals surface area (Å²) in [7, 11) is 1.63. The molecule has 1 aromatic rings. The van der Waals surface area contributed by atoms with E-state index in [1.165, 1.54) is 0 Å². The van der Waals surface area contributed by atoms with E-state index in [9.17, 15) is 4.79 Å². The van der Waals surface area contributed by atoms with Crippen molar-refractivity contribution < 1.29 is 19.0 Å². The molecular formula is C14H18O4. The average molecular weight is 250 g/mol. The standard InChI is InChI=1S/C14H18O4/c1-16-12-2-4-13(5-3-12)18-9-6-11-10-17-8-7-14(11)15/h2-5,11H,6-10H2,1H3. The molecule has 1 aliphatic rings. The molecule has 0 radical (unpaired) electrons. The molecule has 0 aromatic heterocycles. The van der Waals surface area contributed by atoms with Crippen LogP contribution in [0.3, 0.4) is 0 Å². The van der Waals surface area contributed by atoms with E-state index in [4.69, 9.17) is 14.2 Å². The number of ketones is 1. The number of methoxy groups -OCH3 is 1. The van der Waals surface area contributed by atoms with Gasteiger partial charge in [-0.15, -0.1) is 0 Å². The molecule has 4 heteroatoms. The quantitative estimate of drug-likeness (QED) is 0.802. The Morgan fingerprint density at radius 2 is 2.00 bits per heavy atom. The molecule has 0 spiro atoms. The highest BCUT2D eigenvalue weighted by molar-refractivity contribution is 5.81. The second kappa shape index (κ2) is 6.40. The van der Waals surface area contributed by atoms with Gasteiger partial charge in [0.05, 0.1) is 26.9 Å². The molecule has 1 heterocycles. The lowest BCUT2D eigenvalue weighted by Crippen LogP contribution is -2.28. The molecule has 4 nitrogen and oxygen atoms in total. The average Bonchev–Trinajstić information content (AvgIpc) is 2.42. The van der Waals surface area contributed by atoms with Crippen LogP contribution in [0.1, 0.15) is 12.8 Å². The zero-order valence-corrected chi connectivity index (χ0v) is 10.6. The highest BCUT2D eigenvalue weighted by Crippen LogP contribution is 2.18. The molecule has 0 aliphatic carbocycles. The van der Waals surface area contributed by atoms with Gasteiger partial charge in [-0.3, -0.25) is 4.79 Å². The first kappa shape index (κ1) is 12.9. The molecule has 1 unspecified atom stereocenters. The maximum absolute atomic E-state index is 11.6. The maximum atomic E-state index is 11.6. The summed E-state index contributed by atoms with van der Waals surface area (Å²) in [4.78, 5) is 11.6. The Morgan fingerprint density at radius 3 is 2.67 bits per heavy atom. The first-order valence-corrected chi connectivity index (χ1v) is 6.17. The number of hydrogen-bond donors (Lipinski definition) is 0. The van der Waals surface area contributed by atoms with Crippen molar-refractivity contribution in [3.63, 3.8) is 0 Å². The first-order valence-electron chi connectivity index (χ1n) is 6.17. The zero-order chi connectivity index (χ0) is 12.8. The molecule has 1 atom stereocenters. The lowest BCUT2D eigenvalue weighted by Gasteiger charge is -2.20. The van der Waals surface area contributed by atoms with Gasteiger partial charge in [-0.05, 0) is 30.7 Å². The van der Waals surface area contributed by atoms with Crippen molar-refractivity contribution in [1.29, 1.82) is 0 Å². The monoisotopic (exact) mass is 250 g/mol. The minimum absolute atomic E-state index is 0.00278. The van der Waals surface area contributed by atoms with Gasteiger partial charge in [-0.2, -0.15) is 0 Å². The topological polar surface area (TPSA) is 44.8 Å². The third-order valence-electron chi connectivity index (χ3n) is 3.06. The predicted molar refractivity (Wildman–Crippen MR) is 67.0 cm³/mol. The predicted octanol–water partition coefficient (Wildman–Crippen LogP) is 2.07. The molecule has 0 amide bonds. The summed E-state index contributed by atoms with van der Waals surface area (Å²) in [5.74, 6) is 1.88. The van der Waals surface area contributed by atoms with Crippen LogP contribution < -0.4 is 9.47 Å². The summed E-state index contributed by atoms with van der Waals surface area (Å²) in [6.45, 7) is 1.63. The fourth-order valence-corrected chi connectivity index (χ4v) is 1.93. The molecule has 0 bridgehead atoms. The van der Waals surface area contributed by atoms with Gasteiger partial charge in [0.2, 0.25) is 0 Å². The SMILES string of the molecule is COc1ccc(OCCC2COCCC2=O)cc1. The van der Waals surface area contributed by atoms with Gasteiger partial charge in [-0.1, -0.05) is 0 Å². The molecule has 1 aliphatic heterocycles. The van der Waals surface area contributed by atoms with Crippen LogP contribution in [0.15, 0.2) is 24.3 Å². The lowest BCUT2D eigenvalue weighted by molar-refractivity contribution is -0.131. The van der Waals surface area contributed by atoms with Crippen molar-refractivity contribution in [2.45, 2.75) is 12.8 Å². The number of carbonyl (C=O) groups is 1. The summed E-state index contributed by atoms with van der Waals surface area (Å²) >= 11 is 0. The van der Waals surface area contributed by atoms with Crippen LogP contribution in [-0.4, -0.2) is 32.7 Å². The molecule has 0 N–H and O–H groups in total. The van der Waals surface area contributed by atoms with Crippen molar-refractivity contribution in [2.75, 3.05) is 26.9 Å². The summed E-state index contributed by atoms with van der Waals surface area (Å²) in [6, 6.07) is 7.42. The van der Waals surface area contributed by atoms with Crippen molar-refractivity contribution >= 4 is 5.78 Å². The molecule has 1 saturated heterocycles. The van der Waals surface area contributed by atoms with Gasteiger partial charge < -0.3 is 14.2 Å². The molecule has 98 valence electrons. The molecule has 2 rings (SSSR count). The van der Waals surface area contributed by atoms with Gasteiger partial charge in [0.15, 0.2) is 0 Å². The number of carbonyl (C=O) groups excluding carboxylic acids is 1. The van der Waals surface area contributed by atoms with Crippen LogP contribution in [0.2, 0.25) is 0 Å². The second-order valence-corrected chi connectivity index (χ2v) is 4.30. The van der Waals surface area contributed by atoms with Crippen LogP contribution in [0.4, 0.5) is 0 Å². The minimum Gasteiger partial charge on any atom is -0.497 e. The summed E-state index contributed by atoms with van der Waals surface area (Å²) in [5.41, 5.74) is 0. The van der Waals surface area contributed by atoms with E-state index in [1.54, 1.807) is 7.11 Å². The Morgan fingerprint density at radius 1 is 1.28 bits per heavy atom. The zero-order valence-electron chi connectivity index (χ0n) is 10.6. The van der Waals surface area contributed by atoms with E-state index in [-0.39, 0.29) is 5.92 Å². The number of benzene rings is 1. The van der Waals surface area contributed by atoms with Crippen LogP contribution >= 0.6 is 0 Å². The Hall–Kier alpha value is -1.55. The Labute approximate surface area is 107 Å². The van der Waals surface area contributed by atoms with Gasteiger partial charge in [0, 0.05) is 12.3 Å². The van der Waals surface area contributed by atoms with E-state index >= 15 is 0 Å². The van der Waals surface area contributed by atoms with Crippen LogP contribution in [-0.2, 0) is 9.53 Å². The van der Waals surface area contributed by atoms with Gasteiger partial charge >= 0.3 is 0 Å². The molecule has 18 heavy (non-hydrogen) atoms. The smallest absolute Gasteiger partial charge is 0.140 e. The van der Waals surface area contributed by atoms with Gasteiger partial charge in [0.25, 0.3) is 0 Å². The molecule has 0 saturated carbocycles. The fourth-order valence-electron chi connectivity index (χ4n) is 1.93. The van der Waals surface area contributed by atoms with Crippen LogP contribution in [0.5, 0.6) is 11.5 Å². The Bertz CT molecular complexity index is 385. The normalized spacial score (nSPS) is 19.6. The number of rotatable bonds is 5. The molecule has 1 fully saturated rings. The number of ether oxygens (including phenoxy) is 3. The number of Topliss-reactive ketones (excluding diaryl/α,β-unsaturated/α-hetero) is 1. The van der Waals surface area contributed by atoms with E-state index in [1.807, 2.05) is 24.3 Å². The summed E-state index contributed by atoms with van der Waals surface area (Å²) < 4.78 is 16.0. The highest BCUT2D eigenvalue weighted by Gasteiger charge is 2.22. The summed E-state index contributed by atoms with van der Waals surface area (Å²) in [6.07, 6.45) is 1.25. The highest BCUT2D eigenvalue weighted by atomic mass is 16.5. The third kappa shape index (κ3) is 3.47. The van der Waals surface area contributed by atoms with Crippen LogP contribution in [0.25, 0.3) is 0 Å². The maximum Gasteiger partial charge on any atom is 0.140 e. The molecular weight excluding hydrogens is 232 g/mol. The van der Waals surface area contributed by atoms with E-state index in [0.29, 0.717) is 38.4 Å². The second-order valence-electron chi connectivity index (χ2n) is 4.30. The Balaban J connectivity index is 1.75. The van der Waals surface area contributed by atoms with Crippen molar-refractivity contribution in [2.24, 2.45) is 5.92 Å². The van der Waals surface area contributed by atoms with Crippen molar-refractivity contribution in [3.05, 3.63) is 24.3 Å². The third-order valence-corrected chi connectivity index (χ3v) is 3.06. The first-order chi connectivity index (χ1) is 8.79. The van der Waals surface area contributed by atoms with Crippen molar-refractivity contribution in [3.8, 4) is 11.5 Å². The molecule has 1 aromatic carbocycles. The van der Waals surface area contributed by atoms with Gasteiger partial charge in [0.1, 0.15) is 17.3 Å². The van der Waals surface area contributed by atoms with Crippen LogP contribution in [0, 0.1) is 5.92 Å². The van der Waals surface area contributed by atoms with Crippen molar-refractivity contribution in [1.82, 2.24) is 0 Å². The summed E-state index contributed by atoms with van der Waals surface area (Å²) in [5, 5.41) is 0. The largest absolute Gasteiger partial charge is 0.497 e. The van der Waals surface area contributed by atoms with E-state index in [2.05, 4.69) is 0 Å². The Kier molecular flexibility index (Phi) is 4.59.